The molecule has 18 N–H and O–H groups in total. The molecular weight excluding hydrogens is 1040 g/mol. The van der Waals surface area contributed by atoms with Crippen molar-refractivity contribution in [3.05, 3.63) is 151 Å². The van der Waals surface area contributed by atoms with Gasteiger partial charge < -0.3 is 51.6 Å². The first-order chi connectivity index (χ1) is 39.2. The summed E-state index contributed by atoms with van der Waals surface area (Å²) in [5.74, 6) is -10.4. The lowest BCUT2D eigenvalue weighted by Gasteiger charge is -2.12. The van der Waals surface area contributed by atoms with E-state index >= 15 is 0 Å². The van der Waals surface area contributed by atoms with E-state index in [0.717, 1.165) is 55.8 Å². The Hall–Kier alpha value is -12.0. The topological polar surface area (TPSA) is 414 Å². The summed E-state index contributed by atoms with van der Waals surface area (Å²) in [7, 11) is 0. The van der Waals surface area contributed by atoms with Crippen LogP contribution in [0.15, 0.2) is 146 Å². The van der Waals surface area contributed by atoms with Crippen LogP contribution >= 0.6 is 0 Å². The van der Waals surface area contributed by atoms with Crippen LogP contribution in [-0.2, 0) is 28.8 Å². The predicted molar refractivity (Wildman–Crippen MR) is 321 cm³/mol. The van der Waals surface area contributed by atoms with Gasteiger partial charge in [-0.05, 0) is 148 Å². The molecule has 82 heavy (non-hydrogen) atoms. The monoisotopic (exact) mass is 1080 g/mol. The summed E-state index contributed by atoms with van der Waals surface area (Å²) in [6, 6.07) is 46.1. The molecule has 13 rings (SSSR count). The fourth-order valence-corrected chi connectivity index (χ4v) is 9.15. The Labute approximate surface area is 463 Å². The second kappa shape index (κ2) is 20.1. The van der Waals surface area contributed by atoms with Crippen molar-refractivity contribution in [2.24, 2.45) is 0 Å². The second-order valence-electron chi connectivity index (χ2n) is 19.3. The standard InChI is InChI=1S/C42H30N12.C13H15N3.C6O6/c43-25-7-1-19(13-28(25)46)22-4-10-31-34(16-22)52-40-37(49-31)41-39(51-33-12-6-24(18-36(33)53-41)21-3-9-27(45)30(48)15-21)42-38(40)50-32-11-5-23(17-35(32)54-42)20-2-8-26(44)29(47)14-20;1-8-2-3-9(6-12(8)15)10-4-5-11(14)13(16)7-10;7-1-2(8)4(10)6(12)5(11)3(1)9/h1-18H,43-48H2;2-7H,14-16H2,1H3;. The Morgan fingerprint density at radius 2 is 0.415 bits per heavy atom. The van der Waals surface area contributed by atoms with E-state index in [1.54, 1.807) is 24.3 Å². The largest absolute Gasteiger partial charge is 0.398 e. The highest BCUT2D eigenvalue weighted by molar-refractivity contribution is 7.08. The maximum absolute atomic E-state index is 10.4. The van der Waals surface area contributed by atoms with Crippen LogP contribution in [0.4, 0.5) is 51.2 Å². The molecule has 0 bridgehead atoms. The summed E-state index contributed by atoms with van der Waals surface area (Å²) in [6.07, 6.45) is 0. The molecule has 3 heterocycles. The van der Waals surface area contributed by atoms with Crippen molar-refractivity contribution in [1.82, 2.24) is 29.9 Å². The number of carbonyl (C=O) groups is 6. The van der Waals surface area contributed by atoms with Crippen molar-refractivity contribution in [3.63, 3.8) is 0 Å². The van der Waals surface area contributed by atoms with Crippen molar-refractivity contribution in [2.75, 3.05) is 51.6 Å². The van der Waals surface area contributed by atoms with E-state index in [2.05, 4.69) is 0 Å². The Morgan fingerprint density at radius 1 is 0.220 bits per heavy atom. The van der Waals surface area contributed by atoms with Gasteiger partial charge in [0.15, 0.2) is 0 Å². The summed E-state index contributed by atoms with van der Waals surface area (Å²) < 4.78 is 0. The molecule has 9 aromatic carbocycles. The fourth-order valence-electron chi connectivity index (χ4n) is 9.15. The van der Waals surface area contributed by atoms with Gasteiger partial charge >= 0.3 is 0 Å². The maximum Gasteiger partial charge on any atom is 0.281 e. The third-order valence-corrected chi connectivity index (χ3v) is 13.9. The van der Waals surface area contributed by atoms with Gasteiger partial charge in [-0.2, -0.15) is 0 Å². The zero-order valence-corrected chi connectivity index (χ0v) is 43.2. The number of aromatic nitrogens is 6. The molecule has 0 saturated heterocycles. The molecule has 21 heteroatoms. The number of nitrogen functional groups attached to an aromatic ring is 9. The van der Waals surface area contributed by atoms with Gasteiger partial charge in [0.1, 0.15) is 33.1 Å². The van der Waals surface area contributed by atoms with Gasteiger partial charge in [-0.25, -0.2) is 29.9 Å². The quantitative estimate of drug-likeness (QED) is 0.0361. The summed E-state index contributed by atoms with van der Waals surface area (Å²) in [6.45, 7) is 1.98. The van der Waals surface area contributed by atoms with Crippen LogP contribution in [-0.4, -0.2) is 64.6 Å². The lowest BCUT2D eigenvalue weighted by molar-refractivity contribution is -0.158. The zero-order valence-electron chi connectivity index (χ0n) is 43.2. The molecular formula is C61H45N15O6. The van der Waals surface area contributed by atoms with Gasteiger partial charge in [-0.1, -0.05) is 54.6 Å². The second-order valence-corrected chi connectivity index (χ2v) is 19.3. The highest BCUT2D eigenvalue weighted by atomic mass is 16.2. The number of nitrogens with zero attached hydrogens (tertiary/aromatic N) is 6. The van der Waals surface area contributed by atoms with Gasteiger partial charge in [0.05, 0.1) is 78.6 Å². The van der Waals surface area contributed by atoms with E-state index in [0.29, 0.717) is 112 Å². The smallest absolute Gasteiger partial charge is 0.281 e. The number of anilines is 9. The first kappa shape index (κ1) is 52.1. The first-order valence-electron chi connectivity index (χ1n) is 24.9. The van der Waals surface area contributed by atoms with Crippen molar-refractivity contribution in [2.45, 2.75) is 6.92 Å². The lowest BCUT2D eigenvalue weighted by Crippen LogP contribution is -2.49. The molecule has 1 fully saturated rings. The third kappa shape index (κ3) is 9.42. The lowest BCUT2D eigenvalue weighted by atomic mass is 9.93. The Morgan fingerprint density at radius 3 is 0.646 bits per heavy atom. The van der Waals surface area contributed by atoms with Gasteiger partial charge in [0.25, 0.3) is 34.7 Å². The van der Waals surface area contributed by atoms with E-state index in [9.17, 15) is 28.8 Å². The summed E-state index contributed by atoms with van der Waals surface area (Å²) in [5.41, 5.74) is 74.9. The van der Waals surface area contributed by atoms with Gasteiger partial charge in [0.2, 0.25) is 0 Å². The van der Waals surface area contributed by atoms with Crippen LogP contribution in [0.2, 0.25) is 0 Å². The molecule has 0 spiro atoms. The number of aryl methyl sites for hydroxylation is 1. The highest BCUT2D eigenvalue weighted by Crippen LogP contribution is 2.37. The molecule has 0 unspecified atom stereocenters. The summed E-state index contributed by atoms with van der Waals surface area (Å²) >= 11 is 0. The van der Waals surface area contributed by atoms with Crippen LogP contribution in [0.3, 0.4) is 0 Å². The molecule has 0 aliphatic heterocycles. The van der Waals surface area contributed by atoms with Crippen molar-refractivity contribution in [3.8, 4) is 44.5 Å². The van der Waals surface area contributed by atoms with E-state index in [1.165, 1.54) is 0 Å². The van der Waals surface area contributed by atoms with Crippen LogP contribution in [0, 0.1) is 6.92 Å². The molecule has 0 amide bonds. The summed E-state index contributed by atoms with van der Waals surface area (Å²) in [4.78, 5) is 93.4. The first-order valence-corrected chi connectivity index (χ1v) is 24.9. The molecule has 0 radical (unpaired) electrons. The molecule has 21 nitrogen and oxygen atoms in total. The Balaban J connectivity index is 0.000000205. The van der Waals surface area contributed by atoms with Crippen LogP contribution in [0.1, 0.15) is 5.56 Å². The number of benzene rings is 9. The number of hydrogen-bond acceptors (Lipinski definition) is 21. The Bertz CT molecular complexity index is 4310. The average molecular weight is 1080 g/mol. The van der Waals surface area contributed by atoms with Gasteiger partial charge in [0, 0.05) is 5.69 Å². The average Bonchev–Trinajstić information content (AvgIpc) is 3.13. The van der Waals surface area contributed by atoms with E-state index < -0.39 is 34.7 Å². The molecule has 3 aromatic heterocycles. The summed E-state index contributed by atoms with van der Waals surface area (Å²) in [5, 5.41) is 0. The minimum absolute atomic E-state index is 0.508. The van der Waals surface area contributed by atoms with Crippen LogP contribution in [0.25, 0.3) is 111 Å². The molecule has 400 valence electrons. The SMILES string of the molecule is Cc1ccc(-c2ccc(N)c(N)c2)cc1N.Nc1ccc(-c2ccc3nc4c5nc6cc(-c7ccc(N)c(N)c7)ccc6nc5c5nc6cc(-c7ccc(N)c(N)c7)ccc6nc5c4nc3c2)cc1N.O=C1C(=O)C(=O)C(=O)C(=O)C1=O. The van der Waals surface area contributed by atoms with E-state index in [1.807, 2.05) is 128 Å². The minimum atomic E-state index is -1.73. The van der Waals surface area contributed by atoms with Crippen molar-refractivity contribution in [1.29, 1.82) is 0 Å². The molecule has 1 saturated carbocycles. The maximum atomic E-state index is 10.4. The molecule has 1 aliphatic carbocycles. The highest BCUT2D eigenvalue weighted by Gasteiger charge is 2.47. The van der Waals surface area contributed by atoms with Crippen molar-refractivity contribution >= 4 is 152 Å². The van der Waals surface area contributed by atoms with Crippen molar-refractivity contribution < 1.29 is 28.8 Å². The zero-order chi connectivity index (χ0) is 58.0. The normalized spacial score (nSPS) is 12.5. The van der Waals surface area contributed by atoms with Gasteiger partial charge in [-0.3, -0.25) is 28.8 Å². The predicted octanol–water partition coefficient (Wildman–Crippen LogP) is 7.29. The number of carbonyl (C=O) groups excluding carboxylic acids is 6. The fraction of sp³-hybridized carbons (Fsp3) is 0.0164. The number of ketones is 6. The van der Waals surface area contributed by atoms with Crippen LogP contribution < -0.4 is 51.6 Å². The molecule has 0 atom stereocenters. The third-order valence-electron chi connectivity index (χ3n) is 13.9. The number of rotatable bonds is 4. The van der Waals surface area contributed by atoms with Gasteiger partial charge in [-0.15, -0.1) is 0 Å². The van der Waals surface area contributed by atoms with E-state index in [4.69, 9.17) is 81.5 Å². The Kier molecular flexibility index (Phi) is 12.8. The minimum Gasteiger partial charge on any atom is -0.398 e. The number of fused-ring (bicyclic) bond motifs is 9. The van der Waals surface area contributed by atoms with E-state index in [-0.39, 0.29) is 0 Å². The molecule has 12 aromatic rings. The molecule has 1 aliphatic rings. The number of Topliss-reactive ketones (excluding diaryl/α,β-unsaturated/α-hetero) is 6. The van der Waals surface area contributed by atoms with Crippen LogP contribution in [0.5, 0.6) is 0 Å². The number of hydrogen-bond donors (Lipinski definition) is 9. The number of nitrogens with two attached hydrogens (primary N) is 9.